The number of hydrogen-bond acceptors (Lipinski definition) is 5. The first-order valence-electron chi connectivity index (χ1n) is 8.06. The highest BCUT2D eigenvalue weighted by Gasteiger charge is 2.20. The van der Waals surface area contributed by atoms with Crippen molar-refractivity contribution >= 4 is 45.2 Å². The lowest BCUT2D eigenvalue weighted by Gasteiger charge is -2.11. The number of methoxy groups -OCH3 is 1. The van der Waals surface area contributed by atoms with E-state index in [0.29, 0.717) is 11.3 Å². The molecule has 0 spiro atoms. The molecule has 5 nitrogen and oxygen atoms in total. The second kappa shape index (κ2) is 8.65. The summed E-state index contributed by atoms with van der Waals surface area (Å²) < 4.78 is 35.0. The number of aliphatic imine (C=N–C) groups is 1. The quantitative estimate of drug-likeness (QED) is 0.377. The Morgan fingerprint density at radius 2 is 1.54 bits per heavy atom. The number of ether oxygens (including phenoxy) is 1. The minimum atomic E-state index is -4.05. The minimum Gasteiger partial charge on any atom is -0.497 e. The zero-order chi connectivity index (χ0) is 20.1. The van der Waals surface area contributed by atoms with Crippen molar-refractivity contribution in [2.24, 2.45) is 4.99 Å². The Hall–Kier alpha value is -2.54. The van der Waals surface area contributed by atoms with Crippen LogP contribution in [0.1, 0.15) is 5.56 Å². The molecule has 3 aromatic carbocycles. The standard InChI is InChI=1S/C20H15Cl2NO4S/c1-26-16-9-7-15(8-10-16)23-13-14-11-18(21)20(19(22)12-14)27-28(24,25)17-5-3-2-4-6-17/h2-13H,1H3. The number of rotatable bonds is 6. The van der Waals surface area contributed by atoms with Gasteiger partial charge in [-0.25, -0.2) is 0 Å². The van der Waals surface area contributed by atoms with Crippen LogP contribution in [-0.2, 0) is 10.1 Å². The summed E-state index contributed by atoms with van der Waals surface area (Å²) in [5.41, 5.74) is 1.30. The van der Waals surface area contributed by atoms with E-state index in [0.717, 1.165) is 5.75 Å². The Balaban J connectivity index is 1.83. The topological polar surface area (TPSA) is 65.0 Å². The molecule has 0 aliphatic heterocycles. The largest absolute Gasteiger partial charge is 0.497 e. The Bertz CT molecular complexity index is 1080. The number of nitrogens with zero attached hydrogens (tertiary/aromatic N) is 1. The molecule has 0 fully saturated rings. The van der Waals surface area contributed by atoms with E-state index in [-0.39, 0.29) is 20.7 Å². The van der Waals surface area contributed by atoms with Gasteiger partial charge in [-0.15, -0.1) is 0 Å². The third kappa shape index (κ3) is 4.84. The second-order valence-corrected chi connectivity index (χ2v) is 7.98. The van der Waals surface area contributed by atoms with Crippen LogP contribution < -0.4 is 8.92 Å². The first-order chi connectivity index (χ1) is 13.4. The maximum absolute atomic E-state index is 12.4. The van der Waals surface area contributed by atoms with Gasteiger partial charge in [0, 0.05) is 6.21 Å². The van der Waals surface area contributed by atoms with Crippen LogP contribution in [-0.4, -0.2) is 21.7 Å². The molecule has 0 heterocycles. The lowest BCUT2D eigenvalue weighted by atomic mass is 10.2. The molecule has 0 aliphatic carbocycles. The maximum Gasteiger partial charge on any atom is 0.339 e. The fraction of sp³-hybridized carbons (Fsp3) is 0.0500. The van der Waals surface area contributed by atoms with Crippen LogP contribution in [0.5, 0.6) is 11.5 Å². The van der Waals surface area contributed by atoms with E-state index in [1.807, 2.05) is 0 Å². The van der Waals surface area contributed by atoms with Gasteiger partial charge in [-0.05, 0) is 54.1 Å². The highest BCUT2D eigenvalue weighted by atomic mass is 35.5. The molecule has 0 aliphatic rings. The monoisotopic (exact) mass is 435 g/mol. The molecule has 3 aromatic rings. The summed E-state index contributed by atoms with van der Waals surface area (Å²) in [7, 11) is -2.46. The molecule has 0 saturated heterocycles. The summed E-state index contributed by atoms with van der Waals surface area (Å²) in [5, 5.41) is 0.117. The molecule has 0 aromatic heterocycles. The van der Waals surface area contributed by atoms with Crippen LogP contribution in [0.3, 0.4) is 0 Å². The molecule has 0 amide bonds. The molecule has 144 valence electrons. The van der Waals surface area contributed by atoms with Crippen molar-refractivity contribution in [2.75, 3.05) is 7.11 Å². The van der Waals surface area contributed by atoms with Crippen molar-refractivity contribution in [3.8, 4) is 11.5 Å². The molecule has 3 rings (SSSR count). The van der Waals surface area contributed by atoms with Crippen molar-refractivity contribution < 1.29 is 17.3 Å². The average Bonchev–Trinajstić information content (AvgIpc) is 2.70. The van der Waals surface area contributed by atoms with E-state index in [1.165, 1.54) is 24.3 Å². The maximum atomic E-state index is 12.4. The number of benzene rings is 3. The van der Waals surface area contributed by atoms with E-state index in [1.54, 1.807) is 55.8 Å². The molecule has 0 bridgehead atoms. The lowest BCUT2D eigenvalue weighted by molar-refractivity contribution is 0.415. The Labute approximate surface area is 173 Å². The van der Waals surface area contributed by atoms with Gasteiger partial charge in [0.25, 0.3) is 0 Å². The van der Waals surface area contributed by atoms with Crippen LogP contribution in [0.2, 0.25) is 10.0 Å². The summed E-state index contributed by atoms with van der Waals surface area (Å²) >= 11 is 12.4. The molecule has 0 atom stereocenters. The van der Waals surface area contributed by atoms with Gasteiger partial charge in [-0.3, -0.25) is 4.99 Å². The van der Waals surface area contributed by atoms with Crippen LogP contribution in [0.25, 0.3) is 0 Å². The first kappa shape index (κ1) is 20.2. The first-order valence-corrected chi connectivity index (χ1v) is 10.2. The van der Waals surface area contributed by atoms with E-state index in [4.69, 9.17) is 32.1 Å². The predicted octanol–water partition coefficient (Wildman–Crippen LogP) is 5.52. The van der Waals surface area contributed by atoms with Crippen LogP contribution in [0.15, 0.2) is 76.6 Å². The van der Waals surface area contributed by atoms with Crippen molar-refractivity contribution in [3.63, 3.8) is 0 Å². The molecule has 0 saturated carbocycles. The lowest BCUT2D eigenvalue weighted by Crippen LogP contribution is -2.10. The van der Waals surface area contributed by atoms with Gasteiger partial charge >= 0.3 is 10.1 Å². The average molecular weight is 436 g/mol. The van der Waals surface area contributed by atoms with E-state index >= 15 is 0 Å². The summed E-state index contributed by atoms with van der Waals surface area (Å²) in [4.78, 5) is 4.34. The highest BCUT2D eigenvalue weighted by Crippen LogP contribution is 2.36. The Morgan fingerprint density at radius 3 is 2.11 bits per heavy atom. The Kier molecular flexibility index (Phi) is 6.24. The third-order valence-corrected chi connectivity index (χ3v) is 5.48. The Morgan fingerprint density at radius 1 is 0.929 bits per heavy atom. The summed E-state index contributed by atoms with van der Waals surface area (Å²) in [6, 6.07) is 18.0. The van der Waals surface area contributed by atoms with Crippen LogP contribution >= 0.6 is 23.2 Å². The van der Waals surface area contributed by atoms with Gasteiger partial charge in [0.15, 0.2) is 5.75 Å². The van der Waals surface area contributed by atoms with Gasteiger partial charge in [0.2, 0.25) is 0 Å². The number of halogens is 2. The zero-order valence-electron chi connectivity index (χ0n) is 14.7. The van der Waals surface area contributed by atoms with Gasteiger partial charge < -0.3 is 8.92 Å². The smallest absolute Gasteiger partial charge is 0.339 e. The van der Waals surface area contributed by atoms with E-state index in [2.05, 4.69) is 4.99 Å². The van der Waals surface area contributed by atoms with Gasteiger partial charge in [0.1, 0.15) is 10.6 Å². The fourth-order valence-electron chi connectivity index (χ4n) is 2.30. The van der Waals surface area contributed by atoms with Crippen molar-refractivity contribution in [1.82, 2.24) is 0 Å². The van der Waals surface area contributed by atoms with Crippen molar-refractivity contribution in [2.45, 2.75) is 4.90 Å². The summed E-state index contributed by atoms with van der Waals surface area (Å²) in [6.07, 6.45) is 1.56. The summed E-state index contributed by atoms with van der Waals surface area (Å²) in [5.74, 6) is 0.597. The molecule has 0 N–H and O–H groups in total. The zero-order valence-corrected chi connectivity index (χ0v) is 17.0. The third-order valence-electron chi connectivity index (χ3n) is 3.68. The highest BCUT2D eigenvalue weighted by molar-refractivity contribution is 7.87. The molecular weight excluding hydrogens is 421 g/mol. The molecule has 0 unspecified atom stereocenters. The van der Waals surface area contributed by atoms with Crippen LogP contribution in [0.4, 0.5) is 5.69 Å². The predicted molar refractivity (Wildman–Crippen MR) is 111 cm³/mol. The van der Waals surface area contributed by atoms with E-state index in [9.17, 15) is 8.42 Å². The second-order valence-electron chi connectivity index (χ2n) is 5.62. The SMILES string of the molecule is COc1ccc(N=Cc2cc(Cl)c(OS(=O)(=O)c3ccccc3)c(Cl)c2)cc1. The van der Waals surface area contributed by atoms with Gasteiger partial charge in [0.05, 0.1) is 22.8 Å². The molecule has 28 heavy (non-hydrogen) atoms. The minimum absolute atomic E-state index is 0.00674. The van der Waals surface area contributed by atoms with Crippen molar-refractivity contribution in [1.29, 1.82) is 0 Å². The number of hydrogen-bond donors (Lipinski definition) is 0. The van der Waals surface area contributed by atoms with Crippen LogP contribution in [0, 0.1) is 0 Å². The molecular formula is C20H15Cl2NO4S. The molecule has 8 heteroatoms. The van der Waals surface area contributed by atoms with Gasteiger partial charge in [-0.1, -0.05) is 41.4 Å². The summed E-state index contributed by atoms with van der Waals surface area (Å²) in [6.45, 7) is 0. The van der Waals surface area contributed by atoms with E-state index < -0.39 is 10.1 Å². The fourth-order valence-corrected chi connectivity index (χ4v) is 3.95. The normalized spacial score (nSPS) is 11.5. The van der Waals surface area contributed by atoms with Gasteiger partial charge in [-0.2, -0.15) is 8.42 Å². The van der Waals surface area contributed by atoms with Crippen molar-refractivity contribution in [3.05, 3.63) is 82.3 Å². The molecule has 0 radical (unpaired) electrons.